The summed E-state index contributed by atoms with van der Waals surface area (Å²) < 4.78 is 11.0. The van der Waals surface area contributed by atoms with Crippen LogP contribution >= 0.6 is 24.0 Å². The van der Waals surface area contributed by atoms with Crippen LogP contribution < -0.4 is 10.6 Å². The number of halogens is 1. The van der Waals surface area contributed by atoms with Crippen LogP contribution in [0.3, 0.4) is 0 Å². The number of rotatable bonds is 12. The van der Waals surface area contributed by atoms with Gasteiger partial charge in [-0.2, -0.15) is 0 Å². The molecule has 1 aromatic carbocycles. The molecule has 2 N–H and O–H groups in total. The van der Waals surface area contributed by atoms with E-state index in [-0.39, 0.29) is 24.0 Å². The van der Waals surface area contributed by atoms with Crippen molar-refractivity contribution in [3.63, 3.8) is 0 Å². The number of nitrogens with zero attached hydrogens (tertiary/aromatic N) is 1. The lowest BCUT2D eigenvalue weighted by atomic mass is 10.2. The van der Waals surface area contributed by atoms with Crippen LogP contribution in [0.4, 0.5) is 0 Å². The van der Waals surface area contributed by atoms with Gasteiger partial charge in [-0.05, 0) is 18.9 Å². The molecule has 0 aliphatic rings. The molecule has 0 heterocycles. The predicted octanol–water partition coefficient (Wildman–Crippen LogP) is 3.19. The minimum atomic E-state index is 0. The van der Waals surface area contributed by atoms with Crippen molar-refractivity contribution in [2.75, 3.05) is 39.5 Å². The zero-order valence-corrected chi connectivity index (χ0v) is 17.3. The van der Waals surface area contributed by atoms with Crippen molar-refractivity contribution in [1.29, 1.82) is 0 Å². The summed E-state index contributed by atoms with van der Waals surface area (Å²) in [5.41, 5.74) is 1.20. The number of guanidine groups is 1. The standard InChI is InChI=1S/C18H31N3O2.HI/c1-3-5-12-22-14-15-23-13-11-20-18(19-4-2)21-16-17-9-7-6-8-10-17;/h6-10H,3-5,11-16H2,1-2H3,(H2,19,20,21);1H. The van der Waals surface area contributed by atoms with Crippen molar-refractivity contribution in [1.82, 2.24) is 10.6 Å². The Balaban J connectivity index is 0.00000529. The average molecular weight is 449 g/mol. The highest BCUT2D eigenvalue weighted by molar-refractivity contribution is 14.0. The molecule has 5 nitrogen and oxygen atoms in total. The maximum absolute atomic E-state index is 5.53. The van der Waals surface area contributed by atoms with E-state index in [2.05, 4.69) is 41.6 Å². The van der Waals surface area contributed by atoms with Crippen LogP contribution in [-0.4, -0.2) is 45.5 Å². The van der Waals surface area contributed by atoms with E-state index in [1.807, 2.05) is 18.2 Å². The Kier molecular flexibility index (Phi) is 16.4. The predicted molar refractivity (Wildman–Crippen MR) is 111 cm³/mol. The normalized spacial score (nSPS) is 11.0. The number of aliphatic imine (C=N–C) groups is 1. The Morgan fingerprint density at radius 3 is 2.33 bits per heavy atom. The Labute approximate surface area is 163 Å². The molecule has 0 bridgehead atoms. The molecule has 0 unspecified atom stereocenters. The van der Waals surface area contributed by atoms with Gasteiger partial charge in [-0.1, -0.05) is 43.7 Å². The fraction of sp³-hybridized carbons (Fsp3) is 0.611. The monoisotopic (exact) mass is 449 g/mol. The van der Waals surface area contributed by atoms with Crippen molar-refractivity contribution >= 4 is 29.9 Å². The van der Waals surface area contributed by atoms with Gasteiger partial charge in [-0.25, -0.2) is 4.99 Å². The SMILES string of the molecule is CCCCOCCOCCNC(=NCc1ccccc1)NCC.I. The van der Waals surface area contributed by atoms with Gasteiger partial charge >= 0.3 is 0 Å². The van der Waals surface area contributed by atoms with Crippen LogP contribution in [0.1, 0.15) is 32.3 Å². The molecule has 1 aromatic rings. The fourth-order valence-corrected chi connectivity index (χ4v) is 1.91. The summed E-state index contributed by atoms with van der Waals surface area (Å²) in [6.45, 7) is 9.24. The highest BCUT2D eigenvalue weighted by Gasteiger charge is 1.97. The Hall–Kier alpha value is -0.860. The Morgan fingerprint density at radius 2 is 1.67 bits per heavy atom. The maximum atomic E-state index is 5.53. The molecule has 0 amide bonds. The first-order valence-electron chi connectivity index (χ1n) is 8.58. The molecule has 0 aromatic heterocycles. The molecule has 0 spiro atoms. The number of hydrogen-bond donors (Lipinski definition) is 2. The Bertz CT molecular complexity index is 416. The lowest BCUT2D eigenvalue weighted by Gasteiger charge is -2.11. The lowest BCUT2D eigenvalue weighted by molar-refractivity contribution is 0.0487. The first-order valence-corrected chi connectivity index (χ1v) is 8.58. The van der Waals surface area contributed by atoms with Gasteiger partial charge in [0.1, 0.15) is 0 Å². The summed E-state index contributed by atoms with van der Waals surface area (Å²) in [5.74, 6) is 0.819. The average Bonchev–Trinajstić information content (AvgIpc) is 2.59. The molecule has 6 heteroatoms. The number of nitrogens with one attached hydrogen (secondary N) is 2. The third kappa shape index (κ3) is 12.5. The first-order chi connectivity index (χ1) is 11.4. The summed E-state index contributed by atoms with van der Waals surface area (Å²) in [7, 11) is 0. The largest absolute Gasteiger partial charge is 0.379 e. The van der Waals surface area contributed by atoms with E-state index in [0.29, 0.717) is 26.4 Å². The van der Waals surface area contributed by atoms with Crippen LogP contribution in [0.2, 0.25) is 0 Å². The van der Waals surface area contributed by atoms with Gasteiger partial charge in [0.05, 0.1) is 26.4 Å². The van der Waals surface area contributed by atoms with E-state index in [9.17, 15) is 0 Å². The van der Waals surface area contributed by atoms with Gasteiger partial charge in [0.25, 0.3) is 0 Å². The zero-order chi connectivity index (χ0) is 16.6. The second-order valence-electron chi connectivity index (χ2n) is 5.19. The second kappa shape index (κ2) is 17.0. The summed E-state index contributed by atoms with van der Waals surface area (Å²) in [4.78, 5) is 4.57. The van der Waals surface area contributed by atoms with Gasteiger partial charge in [0, 0.05) is 19.7 Å². The van der Waals surface area contributed by atoms with E-state index in [1.165, 1.54) is 12.0 Å². The zero-order valence-electron chi connectivity index (χ0n) is 14.9. The molecule has 0 aliphatic heterocycles. The van der Waals surface area contributed by atoms with Crippen LogP contribution in [-0.2, 0) is 16.0 Å². The van der Waals surface area contributed by atoms with E-state index >= 15 is 0 Å². The molecular weight excluding hydrogens is 417 g/mol. The minimum absolute atomic E-state index is 0. The van der Waals surface area contributed by atoms with Gasteiger partial charge in [0.15, 0.2) is 5.96 Å². The molecule has 0 radical (unpaired) electrons. The molecule has 24 heavy (non-hydrogen) atoms. The van der Waals surface area contributed by atoms with Gasteiger partial charge in [-0.3, -0.25) is 0 Å². The van der Waals surface area contributed by atoms with Crippen molar-refractivity contribution < 1.29 is 9.47 Å². The highest BCUT2D eigenvalue weighted by atomic mass is 127. The fourth-order valence-electron chi connectivity index (χ4n) is 1.91. The van der Waals surface area contributed by atoms with Gasteiger partial charge in [-0.15, -0.1) is 24.0 Å². The Morgan fingerprint density at radius 1 is 0.958 bits per heavy atom. The lowest BCUT2D eigenvalue weighted by Crippen LogP contribution is -2.39. The molecule has 1 rings (SSSR count). The number of benzene rings is 1. The molecule has 0 fully saturated rings. The molecule has 0 atom stereocenters. The molecule has 0 saturated carbocycles. The number of ether oxygens (including phenoxy) is 2. The third-order valence-corrected chi connectivity index (χ3v) is 3.16. The van der Waals surface area contributed by atoms with Crippen LogP contribution in [0.5, 0.6) is 0 Å². The molecule has 138 valence electrons. The quantitative estimate of drug-likeness (QED) is 0.223. The van der Waals surface area contributed by atoms with Crippen molar-refractivity contribution in [2.45, 2.75) is 33.2 Å². The smallest absolute Gasteiger partial charge is 0.191 e. The molecular formula is C18H32IN3O2. The van der Waals surface area contributed by atoms with Crippen LogP contribution in [0, 0.1) is 0 Å². The topological polar surface area (TPSA) is 54.9 Å². The van der Waals surface area contributed by atoms with Crippen molar-refractivity contribution in [2.24, 2.45) is 4.99 Å². The summed E-state index contributed by atoms with van der Waals surface area (Å²) in [5, 5.41) is 6.51. The van der Waals surface area contributed by atoms with Gasteiger partial charge < -0.3 is 20.1 Å². The van der Waals surface area contributed by atoms with Crippen molar-refractivity contribution in [3.05, 3.63) is 35.9 Å². The molecule has 0 aliphatic carbocycles. The summed E-state index contributed by atoms with van der Waals surface area (Å²) in [6, 6.07) is 10.2. The van der Waals surface area contributed by atoms with E-state index in [0.717, 1.165) is 32.1 Å². The maximum Gasteiger partial charge on any atom is 0.191 e. The van der Waals surface area contributed by atoms with Crippen molar-refractivity contribution in [3.8, 4) is 0 Å². The van der Waals surface area contributed by atoms with E-state index in [4.69, 9.17) is 9.47 Å². The second-order valence-corrected chi connectivity index (χ2v) is 5.19. The number of unbranched alkanes of at least 4 members (excludes halogenated alkanes) is 1. The first kappa shape index (κ1) is 23.1. The van der Waals surface area contributed by atoms with E-state index in [1.54, 1.807) is 0 Å². The summed E-state index contributed by atoms with van der Waals surface area (Å²) in [6.07, 6.45) is 2.28. The minimum Gasteiger partial charge on any atom is -0.379 e. The van der Waals surface area contributed by atoms with Crippen LogP contribution in [0.25, 0.3) is 0 Å². The molecule has 0 saturated heterocycles. The van der Waals surface area contributed by atoms with E-state index < -0.39 is 0 Å². The van der Waals surface area contributed by atoms with Crippen LogP contribution in [0.15, 0.2) is 35.3 Å². The summed E-state index contributed by atoms with van der Waals surface area (Å²) >= 11 is 0. The third-order valence-electron chi connectivity index (χ3n) is 3.16. The number of hydrogen-bond acceptors (Lipinski definition) is 3. The van der Waals surface area contributed by atoms with Gasteiger partial charge in [0.2, 0.25) is 0 Å². The highest BCUT2D eigenvalue weighted by Crippen LogP contribution is 1.99.